The maximum Gasteiger partial charge on any atom is 0.0521 e. The third-order valence-corrected chi connectivity index (χ3v) is 2.84. The Labute approximate surface area is 83.1 Å². The smallest absolute Gasteiger partial charge is 0.0521 e. The summed E-state index contributed by atoms with van der Waals surface area (Å²) in [6.45, 7) is 0.508. The van der Waals surface area contributed by atoms with Crippen molar-refractivity contribution in [3.8, 4) is 0 Å². The first-order chi connectivity index (χ1) is 5.91. The van der Waals surface area contributed by atoms with E-state index in [9.17, 15) is 0 Å². The van der Waals surface area contributed by atoms with E-state index in [0.29, 0.717) is 0 Å². The topological polar surface area (TPSA) is 40.5 Å². The van der Waals surface area contributed by atoms with E-state index in [4.69, 9.17) is 10.2 Å². The Bertz CT molecular complexity index is 71.5. The summed E-state index contributed by atoms with van der Waals surface area (Å²) in [5.74, 6) is 5.83. The number of aliphatic hydroxyl groups excluding tert-OH is 2. The molecular formula is C8H16O2S2. The first-order valence-electron chi connectivity index (χ1n) is 4.00. The first kappa shape index (κ1) is 12.6. The molecule has 0 aliphatic heterocycles. The summed E-state index contributed by atoms with van der Waals surface area (Å²) in [4.78, 5) is 0. The van der Waals surface area contributed by atoms with E-state index in [-0.39, 0.29) is 13.2 Å². The fourth-order valence-corrected chi connectivity index (χ4v) is 1.72. The third-order valence-electron chi connectivity index (χ3n) is 1.06. The molecule has 0 aromatic heterocycles. The van der Waals surface area contributed by atoms with Gasteiger partial charge in [0.05, 0.1) is 13.2 Å². The predicted octanol–water partition coefficient (Wildman–Crippen LogP) is 1.54. The Kier molecular flexibility index (Phi) is 12.2. The molecule has 12 heavy (non-hydrogen) atoms. The van der Waals surface area contributed by atoms with E-state index in [2.05, 4.69) is 11.5 Å². The molecule has 2 nitrogen and oxygen atoms in total. The number of hydrogen-bond acceptors (Lipinski definition) is 4. The molecule has 2 N–H and O–H groups in total. The molecular weight excluding hydrogens is 192 g/mol. The van der Waals surface area contributed by atoms with Crippen molar-refractivity contribution < 1.29 is 10.2 Å². The molecule has 0 aromatic carbocycles. The molecule has 0 unspecified atom stereocenters. The van der Waals surface area contributed by atoms with E-state index in [1.54, 1.807) is 23.5 Å². The Morgan fingerprint density at radius 2 is 1.25 bits per heavy atom. The van der Waals surface area contributed by atoms with Crippen molar-refractivity contribution >= 4 is 23.5 Å². The molecule has 0 saturated carbocycles. The minimum Gasteiger partial charge on any atom is -0.396 e. The summed E-state index contributed by atoms with van der Waals surface area (Å²) in [5, 5.41) is 16.9. The van der Waals surface area contributed by atoms with Gasteiger partial charge in [-0.05, 0) is 12.8 Å². The molecule has 0 heterocycles. The highest BCUT2D eigenvalue weighted by atomic mass is 32.2. The average molecular weight is 208 g/mol. The molecule has 0 saturated heterocycles. The number of aliphatic hydroxyl groups is 2. The molecule has 0 rings (SSSR count). The quantitative estimate of drug-likeness (QED) is 0.564. The molecule has 0 spiro atoms. The zero-order chi connectivity index (χ0) is 9.07. The van der Waals surface area contributed by atoms with Crippen LogP contribution in [0.3, 0.4) is 0 Å². The number of thioether (sulfide) groups is 2. The van der Waals surface area contributed by atoms with E-state index in [1.165, 1.54) is 0 Å². The van der Waals surface area contributed by atoms with E-state index < -0.39 is 0 Å². The van der Waals surface area contributed by atoms with Crippen molar-refractivity contribution in [1.82, 2.24) is 0 Å². The summed E-state index contributed by atoms with van der Waals surface area (Å²) in [6, 6.07) is 0. The second kappa shape index (κ2) is 11.6. The molecule has 72 valence electrons. The van der Waals surface area contributed by atoms with Crippen LogP contribution in [0, 0.1) is 11.5 Å². The van der Waals surface area contributed by atoms with Crippen molar-refractivity contribution in [2.75, 3.05) is 24.7 Å². The molecule has 0 atom stereocenters. The molecule has 0 fully saturated rings. The number of unbranched alkanes of at least 4 members (excludes halogenated alkanes) is 1. The highest BCUT2D eigenvalue weighted by Gasteiger charge is 1.91. The van der Waals surface area contributed by atoms with Crippen LogP contribution in [-0.4, -0.2) is 34.9 Å². The van der Waals surface area contributed by atoms with Crippen molar-refractivity contribution in [1.29, 1.82) is 0 Å². The third kappa shape index (κ3) is 10.6. The van der Waals surface area contributed by atoms with Crippen LogP contribution < -0.4 is 0 Å². The maximum atomic E-state index is 8.46. The van der Waals surface area contributed by atoms with Crippen molar-refractivity contribution in [2.24, 2.45) is 0 Å². The Balaban J connectivity index is 2.73. The Morgan fingerprint density at radius 3 is 1.58 bits per heavy atom. The Morgan fingerprint density at radius 1 is 0.833 bits per heavy atom. The van der Waals surface area contributed by atoms with Crippen LogP contribution in [0.5, 0.6) is 0 Å². The summed E-state index contributed by atoms with van der Waals surface area (Å²) in [7, 11) is 0. The van der Waals surface area contributed by atoms with Gasteiger partial charge in [0.1, 0.15) is 0 Å². The summed E-state index contributed by atoms with van der Waals surface area (Å²) >= 11 is 3.33. The van der Waals surface area contributed by atoms with Gasteiger partial charge in [-0.1, -0.05) is 0 Å². The molecule has 0 amide bonds. The second-order valence-corrected chi connectivity index (χ2v) is 4.25. The minimum absolute atomic E-state index is 0.254. The van der Waals surface area contributed by atoms with Gasteiger partial charge >= 0.3 is 0 Å². The zero-order valence-electron chi connectivity index (χ0n) is 7.11. The lowest BCUT2D eigenvalue weighted by atomic mass is 10.4. The minimum atomic E-state index is 0.254. The van der Waals surface area contributed by atoms with Crippen LogP contribution in [0.4, 0.5) is 0 Å². The average Bonchev–Trinajstić information content (AvgIpc) is 2.10. The molecule has 0 aromatic rings. The van der Waals surface area contributed by atoms with Gasteiger partial charge in [0.25, 0.3) is 0 Å². The van der Waals surface area contributed by atoms with Crippen LogP contribution >= 0.6 is 23.5 Å². The van der Waals surface area contributed by atoms with Gasteiger partial charge in [0.15, 0.2) is 0 Å². The number of hydrogen-bond donors (Lipinski definition) is 2. The van der Waals surface area contributed by atoms with Gasteiger partial charge in [-0.15, -0.1) is 0 Å². The highest BCUT2D eigenvalue weighted by molar-refractivity contribution is 8.01. The lowest BCUT2D eigenvalue weighted by molar-refractivity contribution is 0.322. The van der Waals surface area contributed by atoms with Gasteiger partial charge in [-0.3, -0.25) is 0 Å². The fourth-order valence-electron chi connectivity index (χ4n) is 0.575. The van der Waals surface area contributed by atoms with Crippen LogP contribution in [0.2, 0.25) is 0 Å². The van der Waals surface area contributed by atoms with E-state index in [0.717, 1.165) is 24.3 Å². The normalized spacial score (nSPS) is 10.5. The molecule has 0 aliphatic carbocycles. The molecule has 2 radical (unpaired) electrons. The van der Waals surface area contributed by atoms with Gasteiger partial charge in [-0.2, -0.15) is 23.5 Å². The van der Waals surface area contributed by atoms with Gasteiger partial charge in [0, 0.05) is 23.0 Å². The molecule has 0 bridgehead atoms. The van der Waals surface area contributed by atoms with E-state index >= 15 is 0 Å². The van der Waals surface area contributed by atoms with Gasteiger partial charge in [0.2, 0.25) is 0 Å². The lowest BCUT2D eigenvalue weighted by Crippen LogP contribution is -1.86. The van der Waals surface area contributed by atoms with Crippen molar-refractivity contribution in [2.45, 2.75) is 12.8 Å². The zero-order valence-corrected chi connectivity index (χ0v) is 8.74. The van der Waals surface area contributed by atoms with Crippen LogP contribution in [0.25, 0.3) is 0 Å². The maximum absolute atomic E-state index is 8.46. The highest BCUT2D eigenvalue weighted by Crippen LogP contribution is 2.15. The predicted molar refractivity (Wildman–Crippen MR) is 56.9 cm³/mol. The van der Waals surface area contributed by atoms with Crippen LogP contribution in [0.15, 0.2) is 0 Å². The largest absolute Gasteiger partial charge is 0.396 e. The van der Waals surface area contributed by atoms with E-state index in [1.807, 2.05) is 0 Å². The lowest BCUT2D eigenvalue weighted by Gasteiger charge is -1.98. The monoisotopic (exact) mass is 208 g/mol. The number of rotatable bonds is 9. The van der Waals surface area contributed by atoms with Crippen molar-refractivity contribution in [3.05, 3.63) is 11.5 Å². The summed E-state index contributed by atoms with van der Waals surface area (Å²) in [6.07, 6.45) is 2.09. The Hall–Kier alpha value is 0.620. The van der Waals surface area contributed by atoms with Crippen LogP contribution in [0.1, 0.15) is 12.8 Å². The standard InChI is InChI=1S/C8H16O2S2/c9-3-7-11-5-1-2-6-12-8-4-10/h5-6,9-10H,1-4,7-8H2. The van der Waals surface area contributed by atoms with Crippen LogP contribution in [-0.2, 0) is 0 Å². The summed E-state index contributed by atoms with van der Waals surface area (Å²) in [5.41, 5.74) is 0. The van der Waals surface area contributed by atoms with Crippen molar-refractivity contribution in [3.63, 3.8) is 0 Å². The fraction of sp³-hybridized carbons (Fsp3) is 0.750. The first-order valence-corrected chi connectivity index (χ1v) is 6.10. The SMILES string of the molecule is OCCS[CH]CC[CH]SCCO. The molecule has 0 aliphatic rings. The van der Waals surface area contributed by atoms with Gasteiger partial charge < -0.3 is 10.2 Å². The second-order valence-electron chi connectivity index (χ2n) is 2.10. The molecule has 4 heteroatoms. The summed E-state index contributed by atoms with van der Waals surface area (Å²) < 4.78 is 0. The van der Waals surface area contributed by atoms with Gasteiger partial charge in [-0.25, -0.2) is 0 Å².